The number of amides is 1. The minimum atomic E-state index is -0.820. The number of rotatable bonds is 4. The summed E-state index contributed by atoms with van der Waals surface area (Å²) in [6, 6.07) is 12.0. The van der Waals surface area contributed by atoms with Gasteiger partial charge in [-0.15, -0.1) is 0 Å². The number of hydrogen-bond donors (Lipinski definition) is 0. The van der Waals surface area contributed by atoms with Crippen LogP contribution in [0, 0.1) is 11.6 Å². The second kappa shape index (κ2) is 7.67. The number of benzene rings is 2. The van der Waals surface area contributed by atoms with Crippen molar-refractivity contribution >= 4 is 5.91 Å². The molecule has 1 aromatic heterocycles. The van der Waals surface area contributed by atoms with Gasteiger partial charge in [0.15, 0.2) is 23.0 Å². The van der Waals surface area contributed by atoms with E-state index in [4.69, 9.17) is 14.0 Å². The van der Waals surface area contributed by atoms with E-state index < -0.39 is 11.6 Å². The quantitative estimate of drug-likeness (QED) is 0.686. The Labute approximate surface area is 159 Å². The van der Waals surface area contributed by atoms with Crippen LogP contribution in [0.25, 0.3) is 0 Å². The molecule has 0 fully saturated rings. The van der Waals surface area contributed by atoms with Crippen molar-refractivity contribution in [2.45, 2.75) is 13.2 Å². The lowest BCUT2D eigenvalue weighted by Gasteiger charge is -2.18. The molecule has 2 heterocycles. The lowest BCUT2D eigenvalue weighted by molar-refractivity contribution is 0.0722. The molecule has 0 N–H and O–H groups in total. The minimum Gasteiger partial charge on any atom is -0.491 e. The molecule has 0 saturated carbocycles. The first-order valence-electron chi connectivity index (χ1n) is 8.63. The molecule has 1 aliphatic rings. The van der Waals surface area contributed by atoms with Crippen molar-refractivity contribution < 1.29 is 27.6 Å². The highest BCUT2D eigenvalue weighted by atomic mass is 19.1. The van der Waals surface area contributed by atoms with Gasteiger partial charge in [0.05, 0.1) is 6.54 Å². The van der Waals surface area contributed by atoms with E-state index in [9.17, 15) is 13.6 Å². The fraction of sp³-hybridized carbons (Fsp3) is 0.200. The van der Waals surface area contributed by atoms with Gasteiger partial charge >= 0.3 is 0 Å². The highest BCUT2D eigenvalue weighted by molar-refractivity contribution is 5.92. The normalized spacial score (nSPS) is 13.4. The Hall–Kier alpha value is -3.42. The molecule has 0 unspecified atom stereocenters. The summed E-state index contributed by atoms with van der Waals surface area (Å²) in [6.07, 6.45) is 0. The van der Waals surface area contributed by atoms with Gasteiger partial charge in [0, 0.05) is 24.2 Å². The summed E-state index contributed by atoms with van der Waals surface area (Å²) in [5.74, 6) is -0.929. The molecule has 1 amide bonds. The summed E-state index contributed by atoms with van der Waals surface area (Å²) in [5.41, 5.74) is 1.03. The molecule has 1 aliphatic heterocycles. The van der Waals surface area contributed by atoms with Crippen molar-refractivity contribution in [2.24, 2.45) is 0 Å². The number of carbonyl (C=O) groups excluding carboxylic acids is 1. The Morgan fingerprint density at radius 3 is 2.89 bits per heavy atom. The van der Waals surface area contributed by atoms with E-state index in [-0.39, 0.29) is 29.7 Å². The van der Waals surface area contributed by atoms with Crippen molar-refractivity contribution in [2.75, 3.05) is 13.2 Å². The molecule has 6 nitrogen and oxygen atoms in total. The second-order valence-corrected chi connectivity index (χ2v) is 6.22. The van der Waals surface area contributed by atoms with Crippen LogP contribution in [0.2, 0.25) is 0 Å². The molecule has 0 aliphatic carbocycles. The standard InChI is InChI=1S/C20H16F2N2O4/c21-14-5-6-19(16(22)9-14)27-12-15-10-17(23-28-15)20(25)24-7-8-26-18-4-2-1-3-13(18)11-24/h1-6,9-10H,7-8,11-12H2. The summed E-state index contributed by atoms with van der Waals surface area (Å²) in [7, 11) is 0. The number of halogens is 2. The van der Waals surface area contributed by atoms with Crippen LogP contribution in [-0.2, 0) is 13.2 Å². The van der Waals surface area contributed by atoms with Crippen molar-refractivity contribution in [3.05, 3.63) is 77.2 Å². The van der Waals surface area contributed by atoms with Gasteiger partial charge in [-0.3, -0.25) is 4.79 Å². The van der Waals surface area contributed by atoms with Gasteiger partial charge in [0.2, 0.25) is 0 Å². The summed E-state index contributed by atoms with van der Waals surface area (Å²) in [5, 5.41) is 3.79. The van der Waals surface area contributed by atoms with E-state index in [0.29, 0.717) is 19.7 Å². The Morgan fingerprint density at radius 1 is 1.18 bits per heavy atom. The molecule has 0 atom stereocenters. The van der Waals surface area contributed by atoms with Gasteiger partial charge in [-0.1, -0.05) is 23.4 Å². The highest BCUT2D eigenvalue weighted by Crippen LogP contribution is 2.24. The van der Waals surface area contributed by atoms with E-state index >= 15 is 0 Å². The molecule has 8 heteroatoms. The van der Waals surface area contributed by atoms with Gasteiger partial charge in [-0.2, -0.15) is 0 Å². The molecule has 0 saturated heterocycles. The molecular weight excluding hydrogens is 370 g/mol. The van der Waals surface area contributed by atoms with Crippen LogP contribution in [0.15, 0.2) is 53.1 Å². The first kappa shape index (κ1) is 18.0. The van der Waals surface area contributed by atoms with Gasteiger partial charge in [-0.05, 0) is 18.2 Å². The van der Waals surface area contributed by atoms with Crippen LogP contribution in [0.4, 0.5) is 8.78 Å². The van der Waals surface area contributed by atoms with Crippen LogP contribution in [0.1, 0.15) is 21.8 Å². The largest absolute Gasteiger partial charge is 0.491 e. The van der Waals surface area contributed by atoms with Crippen molar-refractivity contribution in [3.63, 3.8) is 0 Å². The van der Waals surface area contributed by atoms with Crippen LogP contribution in [0.5, 0.6) is 11.5 Å². The maximum absolute atomic E-state index is 13.6. The van der Waals surface area contributed by atoms with E-state index in [2.05, 4.69) is 5.16 Å². The van der Waals surface area contributed by atoms with E-state index in [1.807, 2.05) is 24.3 Å². The molecule has 4 rings (SSSR count). The average molecular weight is 386 g/mol. The lowest BCUT2D eigenvalue weighted by atomic mass is 10.2. The molecule has 0 radical (unpaired) electrons. The molecule has 0 bridgehead atoms. The Bertz CT molecular complexity index is 1010. The summed E-state index contributed by atoms with van der Waals surface area (Å²) in [4.78, 5) is 14.4. The lowest BCUT2D eigenvalue weighted by Crippen LogP contribution is -2.32. The van der Waals surface area contributed by atoms with E-state index in [1.165, 1.54) is 12.1 Å². The van der Waals surface area contributed by atoms with Gasteiger partial charge in [0.25, 0.3) is 5.91 Å². The van der Waals surface area contributed by atoms with Crippen LogP contribution < -0.4 is 9.47 Å². The number of hydrogen-bond acceptors (Lipinski definition) is 5. The summed E-state index contributed by atoms with van der Waals surface area (Å²) < 4.78 is 42.6. The number of fused-ring (bicyclic) bond motifs is 1. The van der Waals surface area contributed by atoms with Gasteiger partial charge < -0.3 is 18.9 Å². The van der Waals surface area contributed by atoms with Crippen molar-refractivity contribution in [1.29, 1.82) is 0 Å². The third-order valence-corrected chi connectivity index (χ3v) is 4.28. The van der Waals surface area contributed by atoms with Gasteiger partial charge in [0.1, 0.15) is 24.8 Å². The minimum absolute atomic E-state index is 0.119. The molecular formula is C20H16F2N2O4. The number of nitrogens with zero attached hydrogens (tertiary/aromatic N) is 2. The van der Waals surface area contributed by atoms with Gasteiger partial charge in [-0.25, -0.2) is 8.78 Å². The van der Waals surface area contributed by atoms with Crippen molar-refractivity contribution in [1.82, 2.24) is 10.1 Å². The highest BCUT2D eigenvalue weighted by Gasteiger charge is 2.23. The third kappa shape index (κ3) is 3.80. The SMILES string of the molecule is O=C(c1cc(COc2ccc(F)cc2F)on1)N1CCOc2ccccc2C1. The number of aromatic nitrogens is 1. The second-order valence-electron chi connectivity index (χ2n) is 6.22. The first-order chi connectivity index (χ1) is 13.6. The summed E-state index contributed by atoms with van der Waals surface area (Å²) in [6.45, 7) is 1.04. The molecule has 2 aromatic carbocycles. The number of para-hydroxylation sites is 1. The zero-order valence-corrected chi connectivity index (χ0v) is 14.7. The maximum Gasteiger partial charge on any atom is 0.276 e. The molecule has 0 spiro atoms. The predicted molar refractivity (Wildman–Crippen MR) is 93.9 cm³/mol. The van der Waals surface area contributed by atoms with E-state index in [0.717, 1.165) is 23.4 Å². The average Bonchev–Trinajstić information content (AvgIpc) is 3.05. The van der Waals surface area contributed by atoms with E-state index in [1.54, 1.807) is 4.90 Å². The smallest absolute Gasteiger partial charge is 0.276 e. The third-order valence-electron chi connectivity index (χ3n) is 4.28. The number of carbonyl (C=O) groups is 1. The van der Waals surface area contributed by atoms with Crippen LogP contribution >= 0.6 is 0 Å². The zero-order chi connectivity index (χ0) is 19.5. The zero-order valence-electron chi connectivity index (χ0n) is 14.7. The maximum atomic E-state index is 13.6. The topological polar surface area (TPSA) is 64.8 Å². The molecule has 144 valence electrons. The summed E-state index contributed by atoms with van der Waals surface area (Å²) >= 11 is 0. The number of ether oxygens (including phenoxy) is 2. The van der Waals surface area contributed by atoms with Crippen LogP contribution in [0.3, 0.4) is 0 Å². The molecule has 3 aromatic rings. The van der Waals surface area contributed by atoms with Crippen molar-refractivity contribution in [3.8, 4) is 11.5 Å². The Balaban J connectivity index is 1.43. The predicted octanol–water partition coefficient (Wildman–Crippen LogP) is 3.57. The monoisotopic (exact) mass is 386 g/mol. The van der Waals surface area contributed by atoms with Crippen LogP contribution in [-0.4, -0.2) is 29.1 Å². The first-order valence-corrected chi connectivity index (χ1v) is 8.63. The Morgan fingerprint density at radius 2 is 2.04 bits per heavy atom. The fourth-order valence-corrected chi connectivity index (χ4v) is 2.88. The molecule has 28 heavy (non-hydrogen) atoms. The fourth-order valence-electron chi connectivity index (χ4n) is 2.88. The Kier molecular flexibility index (Phi) is 4.92.